The number of fused-ring (bicyclic) bond motifs is 3. The molecule has 122 valence electrons. The fraction of sp³-hybridized carbons (Fsp3) is 0.500. The van der Waals surface area contributed by atoms with Crippen molar-refractivity contribution in [2.75, 3.05) is 13.2 Å². The predicted octanol–water partition coefficient (Wildman–Crippen LogP) is 3.22. The van der Waals surface area contributed by atoms with E-state index in [4.69, 9.17) is 16.3 Å². The molecule has 1 aromatic heterocycles. The van der Waals surface area contributed by atoms with Crippen molar-refractivity contribution in [1.29, 1.82) is 0 Å². The third-order valence-electron chi connectivity index (χ3n) is 5.09. The lowest BCUT2D eigenvalue weighted by atomic mass is 9.90. The molecular formula is C18H21ClN2O2. The Bertz CT molecular complexity index is 734. The number of hydrogen-bond acceptors (Lipinski definition) is 2. The minimum Gasteiger partial charge on any atom is -0.381 e. The molecule has 5 heteroatoms. The van der Waals surface area contributed by atoms with Crippen LogP contribution in [0.4, 0.5) is 0 Å². The average molecular weight is 333 g/mol. The number of aromatic amines is 1. The Morgan fingerprint density at radius 3 is 2.91 bits per heavy atom. The molecule has 0 bridgehead atoms. The highest BCUT2D eigenvalue weighted by Gasteiger charge is 2.27. The van der Waals surface area contributed by atoms with Crippen molar-refractivity contribution in [2.24, 2.45) is 5.92 Å². The maximum Gasteiger partial charge on any atom is 0.223 e. The van der Waals surface area contributed by atoms with E-state index in [0.717, 1.165) is 42.6 Å². The fourth-order valence-corrected chi connectivity index (χ4v) is 3.97. The molecule has 1 fully saturated rings. The lowest BCUT2D eigenvalue weighted by Crippen LogP contribution is -2.43. The number of hydrogen-bond donors (Lipinski definition) is 2. The summed E-state index contributed by atoms with van der Waals surface area (Å²) in [6.45, 7) is 1.41. The Morgan fingerprint density at radius 2 is 2.09 bits per heavy atom. The summed E-state index contributed by atoms with van der Waals surface area (Å²) in [6, 6.07) is 6.22. The van der Waals surface area contributed by atoms with Crippen LogP contribution in [0.15, 0.2) is 18.2 Å². The molecule has 4 nitrogen and oxygen atoms in total. The van der Waals surface area contributed by atoms with E-state index >= 15 is 0 Å². The van der Waals surface area contributed by atoms with Crippen molar-refractivity contribution in [3.63, 3.8) is 0 Å². The molecule has 2 N–H and O–H groups in total. The van der Waals surface area contributed by atoms with Gasteiger partial charge in [-0.2, -0.15) is 0 Å². The van der Waals surface area contributed by atoms with Gasteiger partial charge in [-0.05, 0) is 49.8 Å². The van der Waals surface area contributed by atoms with E-state index in [9.17, 15) is 4.79 Å². The van der Waals surface area contributed by atoms with Crippen molar-refractivity contribution in [2.45, 2.75) is 38.1 Å². The van der Waals surface area contributed by atoms with Gasteiger partial charge in [0.15, 0.2) is 0 Å². The lowest BCUT2D eigenvalue weighted by Gasteiger charge is -2.27. The number of aryl methyl sites for hydroxylation is 1. The van der Waals surface area contributed by atoms with E-state index in [2.05, 4.69) is 16.4 Å². The number of benzene rings is 1. The first-order chi connectivity index (χ1) is 11.2. The molecule has 1 aliphatic carbocycles. The van der Waals surface area contributed by atoms with Crippen molar-refractivity contribution >= 4 is 28.4 Å². The molecule has 1 atom stereocenters. The third-order valence-corrected chi connectivity index (χ3v) is 5.32. The van der Waals surface area contributed by atoms with Crippen LogP contribution in [0, 0.1) is 5.92 Å². The topological polar surface area (TPSA) is 54.1 Å². The summed E-state index contributed by atoms with van der Waals surface area (Å²) in [4.78, 5) is 15.9. The predicted molar refractivity (Wildman–Crippen MR) is 90.8 cm³/mol. The minimum atomic E-state index is 0.118. The molecule has 23 heavy (non-hydrogen) atoms. The molecule has 1 unspecified atom stereocenters. The van der Waals surface area contributed by atoms with E-state index in [1.54, 1.807) is 0 Å². The van der Waals surface area contributed by atoms with Crippen LogP contribution in [-0.4, -0.2) is 30.1 Å². The molecule has 1 amide bonds. The molecule has 2 aromatic rings. The summed E-state index contributed by atoms with van der Waals surface area (Å²) in [5.74, 6) is 0.316. The fourth-order valence-electron chi connectivity index (χ4n) is 3.80. The zero-order chi connectivity index (χ0) is 15.8. The molecule has 0 saturated carbocycles. The average Bonchev–Trinajstić information content (AvgIpc) is 2.92. The normalized spacial score (nSPS) is 22.0. The Hall–Kier alpha value is -1.52. The van der Waals surface area contributed by atoms with Gasteiger partial charge < -0.3 is 15.0 Å². The van der Waals surface area contributed by atoms with E-state index in [1.807, 2.05) is 12.1 Å². The monoisotopic (exact) mass is 332 g/mol. The molecule has 2 heterocycles. The van der Waals surface area contributed by atoms with Gasteiger partial charge in [-0.3, -0.25) is 4.79 Å². The van der Waals surface area contributed by atoms with Gasteiger partial charge >= 0.3 is 0 Å². The van der Waals surface area contributed by atoms with Gasteiger partial charge in [0, 0.05) is 46.8 Å². The number of ether oxygens (including phenoxy) is 1. The number of amides is 1. The summed E-state index contributed by atoms with van der Waals surface area (Å²) in [5.41, 5.74) is 3.72. The summed E-state index contributed by atoms with van der Waals surface area (Å²) in [6.07, 6.45) is 4.54. The largest absolute Gasteiger partial charge is 0.381 e. The second-order valence-corrected chi connectivity index (χ2v) is 7.04. The highest BCUT2D eigenvalue weighted by molar-refractivity contribution is 6.31. The smallest absolute Gasteiger partial charge is 0.223 e. The second-order valence-electron chi connectivity index (χ2n) is 6.61. The Labute approximate surface area is 140 Å². The van der Waals surface area contributed by atoms with Crippen LogP contribution in [0.3, 0.4) is 0 Å². The highest BCUT2D eigenvalue weighted by Crippen LogP contribution is 2.31. The Morgan fingerprint density at radius 1 is 1.26 bits per heavy atom. The van der Waals surface area contributed by atoms with Crippen LogP contribution in [0.1, 0.15) is 30.5 Å². The first-order valence-corrected chi connectivity index (χ1v) is 8.75. The molecular weight excluding hydrogens is 312 g/mol. The van der Waals surface area contributed by atoms with Gasteiger partial charge in [0.2, 0.25) is 5.91 Å². The summed E-state index contributed by atoms with van der Waals surface area (Å²) in [7, 11) is 0. The first kappa shape index (κ1) is 15.0. The van der Waals surface area contributed by atoms with Crippen molar-refractivity contribution in [3.8, 4) is 0 Å². The number of nitrogens with one attached hydrogen (secondary N) is 2. The van der Waals surface area contributed by atoms with Crippen LogP contribution >= 0.6 is 11.6 Å². The Kier molecular flexibility index (Phi) is 4.04. The number of carbonyl (C=O) groups excluding carboxylic acids is 1. The second kappa shape index (κ2) is 6.17. The summed E-state index contributed by atoms with van der Waals surface area (Å²) in [5, 5.41) is 5.24. The van der Waals surface area contributed by atoms with Crippen LogP contribution in [0.2, 0.25) is 5.02 Å². The molecule has 4 rings (SSSR count). The van der Waals surface area contributed by atoms with E-state index < -0.39 is 0 Å². The number of H-pyrrole nitrogens is 1. The quantitative estimate of drug-likeness (QED) is 0.887. The minimum absolute atomic E-state index is 0.118. The number of aromatic nitrogens is 1. The SMILES string of the molecule is O=C(NC1CCc2[nH]c3cc(Cl)ccc3c2C1)C1CCOCC1. The van der Waals surface area contributed by atoms with Crippen LogP contribution < -0.4 is 5.32 Å². The van der Waals surface area contributed by atoms with Crippen LogP contribution in [0.25, 0.3) is 10.9 Å². The van der Waals surface area contributed by atoms with E-state index in [1.165, 1.54) is 16.6 Å². The van der Waals surface area contributed by atoms with Gasteiger partial charge in [0.05, 0.1) is 0 Å². The zero-order valence-corrected chi connectivity index (χ0v) is 13.8. The molecule has 0 spiro atoms. The highest BCUT2D eigenvalue weighted by atomic mass is 35.5. The molecule has 0 radical (unpaired) electrons. The van der Waals surface area contributed by atoms with E-state index in [0.29, 0.717) is 13.2 Å². The lowest BCUT2D eigenvalue weighted by molar-refractivity contribution is -0.128. The van der Waals surface area contributed by atoms with Gasteiger partial charge in [0.25, 0.3) is 0 Å². The summed E-state index contributed by atoms with van der Waals surface area (Å²) >= 11 is 6.08. The standard InChI is InChI=1S/C18H21ClN2O2/c19-12-1-3-14-15-10-13(2-4-16(15)21-17(14)9-12)20-18(22)11-5-7-23-8-6-11/h1,3,9,11,13,21H,2,4-8,10H2,(H,20,22). The molecule has 1 aromatic carbocycles. The van der Waals surface area contributed by atoms with Gasteiger partial charge in [-0.15, -0.1) is 0 Å². The first-order valence-electron chi connectivity index (χ1n) is 8.38. The molecule has 1 saturated heterocycles. The van der Waals surface area contributed by atoms with Crippen molar-refractivity contribution < 1.29 is 9.53 Å². The van der Waals surface area contributed by atoms with Crippen LogP contribution in [0.5, 0.6) is 0 Å². The maximum atomic E-state index is 12.4. The van der Waals surface area contributed by atoms with Crippen LogP contribution in [-0.2, 0) is 22.4 Å². The number of carbonyl (C=O) groups is 1. The number of halogens is 1. The number of rotatable bonds is 2. The van der Waals surface area contributed by atoms with Crippen molar-refractivity contribution in [1.82, 2.24) is 10.3 Å². The van der Waals surface area contributed by atoms with Gasteiger partial charge in [-0.25, -0.2) is 0 Å². The van der Waals surface area contributed by atoms with Crippen molar-refractivity contribution in [3.05, 3.63) is 34.5 Å². The van der Waals surface area contributed by atoms with Gasteiger partial charge in [0.1, 0.15) is 0 Å². The summed E-state index contributed by atoms with van der Waals surface area (Å²) < 4.78 is 5.34. The maximum absolute atomic E-state index is 12.4. The molecule has 2 aliphatic rings. The Balaban J connectivity index is 1.49. The zero-order valence-electron chi connectivity index (χ0n) is 13.0. The van der Waals surface area contributed by atoms with E-state index in [-0.39, 0.29) is 17.9 Å². The van der Waals surface area contributed by atoms with Gasteiger partial charge in [-0.1, -0.05) is 17.7 Å². The third kappa shape index (κ3) is 2.98. The molecule has 1 aliphatic heterocycles.